The van der Waals surface area contributed by atoms with E-state index < -0.39 is 5.82 Å². The number of benzene rings is 1. The topological polar surface area (TPSA) is 61.4 Å². The van der Waals surface area contributed by atoms with E-state index in [2.05, 4.69) is 22.5 Å². The van der Waals surface area contributed by atoms with Crippen LogP contribution in [0.5, 0.6) is 0 Å². The number of anilines is 1. The number of aliphatic hydroxyl groups is 1. The van der Waals surface area contributed by atoms with E-state index in [4.69, 9.17) is 5.11 Å². The third-order valence-electron chi connectivity index (χ3n) is 3.22. The highest BCUT2D eigenvalue weighted by Crippen LogP contribution is 2.18. The largest absolute Gasteiger partial charge is 0.384 e. The van der Waals surface area contributed by atoms with Crippen molar-refractivity contribution in [3.8, 4) is 11.8 Å². The number of hydrogen-bond acceptors (Lipinski definition) is 2. The molecule has 1 saturated carbocycles. The summed E-state index contributed by atoms with van der Waals surface area (Å²) < 4.78 is 13.7. The molecule has 0 aromatic heterocycles. The number of halogens is 1. The molecule has 0 bridgehead atoms. The van der Waals surface area contributed by atoms with Crippen LogP contribution in [0.3, 0.4) is 0 Å². The quantitative estimate of drug-likeness (QED) is 0.725. The Morgan fingerprint density at radius 3 is 2.80 bits per heavy atom. The van der Waals surface area contributed by atoms with E-state index in [-0.39, 0.29) is 24.2 Å². The second-order valence-corrected chi connectivity index (χ2v) is 4.73. The van der Waals surface area contributed by atoms with Crippen LogP contribution in [0.25, 0.3) is 0 Å². The molecule has 1 aliphatic carbocycles. The summed E-state index contributed by atoms with van der Waals surface area (Å²) in [6.07, 6.45) is 4.27. The van der Waals surface area contributed by atoms with Gasteiger partial charge < -0.3 is 15.7 Å². The molecule has 0 heterocycles. The van der Waals surface area contributed by atoms with Crippen LogP contribution < -0.4 is 10.6 Å². The zero-order chi connectivity index (χ0) is 14.4. The molecule has 1 aromatic rings. The third-order valence-corrected chi connectivity index (χ3v) is 3.22. The van der Waals surface area contributed by atoms with Crippen LogP contribution in [0, 0.1) is 17.7 Å². The van der Waals surface area contributed by atoms with Gasteiger partial charge in [-0.2, -0.15) is 0 Å². The number of amides is 2. The number of urea groups is 1. The molecule has 2 amide bonds. The molecule has 1 fully saturated rings. The maximum atomic E-state index is 13.7. The first kappa shape index (κ1) is 14.4. The van der Waals surface area contributed by atoms with Gasteiger partial charge in [0.1, 0.15) is 12.4 Å². The number of aliphatic hydroxyl groups excluding tert-OH is 1. The van der Waals surface area contributed by atoms with Gasteiger partial charge in [0.15, 0.2) is 0 Å². The number of carbonyl (C=O) groups is 1. The van der Waals surface area contributed by atoms with Crippen LogP contribution in [0.2, 0.25) is 0 Å². The molecule has 0 spiro atoms. The molecule has 0 radical (unpaired) electrons. The monoisotopic (exact) mass is 276 g/mol. The molecule has 1 aromatic carbocycles. The van der Waals surface area contributed by atoms with Crippen LogP contribution in [-0.4, -0.2) is 23.8 Å². The van der Waals surface area contributed by atoms with Gasteiger partial charge >= 0.3 is 6.03 Å². The highest BCUT2D eigenvalue weighted by atomic mass is 19.1. The highest BCUT2D eigenvalue weighted by Gasteiger charge is 2.17. The fourth-order valence-corrected chi connectivity index (χ4v) is 2.25. The van der Waals surface area contributed by atoms with Crippen molar-refractivity contribution in [1.82, 2.24) is 5.32 Å². The van der Waals surface area contributed by atoms with E-state index in [9.17, 15) is 9.18 Å². The van der Waals surface area contributed by atoms with Crippen LogP contribution in [0.15, 0.2) is 18.2 Å². The summed E-state index contributed by atoms with van der Waals surface area (Å²) in [7, 11) is 0. The molecule has 1 aliphatic rings. The van der Waals surface area contributed by atoms with Crippen molar-refractivity contribution >= 4 is 11.7 Å². The minimum Gasteiger partial charge on any atom is -0.384 e. The van der Waals surface area contributed by atoms with Gasteiger partial charge in [-0.1, -0.05) is 24.7 Å². The Balaban J connectivity index is 1.95. The second-order valence-electron chi connectivity index (χ2n) is 4.73. The second kappa shape index (κ2) is 6.92. The van der Waals surface area contributed by atoms with E-state index in [1.54, 1.807) is 6.07 Å². The summed E-state index contributed by atoms with van der Waals surface area (Å²) in [6, 6.07) is 4.18. The van der Waals surface area contributed by atoms with Crippen LogP contribution >= 0.6 is 0 Å². The van der Waals surface area contributed by atoms with Gasteiger partial charge in [0, 0.05) is 11.7 Å². The smallest absolute Gasteiger partial charge is 0.319 e. The Morgan fingerprint density at radius 1 is 1.40 bits per heavy atom. The van der Waals surface area contributed by atoms with Gasteiger partial charge in [0.05, 0.1) is 5.56 Å². The van der Waals surface area contributed by atoms with Gasteiger partial charge in [-0.3, -0.25) is 0 Å². The van der Waals surface area contributed by atoms with E-state index >= 15 is 0 Å². The molecule has 20 heavy (non-hydrogen) atoms. The maximum Gasteiger partial charge on any atom is 0.319 e. The Labute approximate surface area is 117 Å². The zero-order valence-electron chi connectivity index (χ0n) is 11.1. The minimum atomic E-state index is -0.524. The number of hydrogen-bond donors (Lipinski definition) is 3. The summed E-state index contributed by atoms with van der Waals surface area (Å²) in [5.41, 5.74) is 0.577. The molecule has 3 N–H and O–H groups in total. The number of nitrogens with one attached hydrogen (secondary N) is 2. The Hall–Kier alpha value is -2.06. The summed E-state index contributed by atoms with van der Waals surface area (Å²) in [6.45, 7) is -0.316. The summed E-state index contributed by atoms with van der Waals surface area (Å²) in [5.74, 6) is 4.35. The summed E-state index contributed by atoms with van der Waals surface area (Å²) in [4.78, 5) is 11.7. The number of carbonyl (C=O) groups excluding carboxylic acids is 1. The van der Waals surface area contributed by atoms with Crippen LogP contribution in [-0.2, 0) is 0 Å². The lowest BCUT2D eigenvalue weighted by Crippen LogP contribution is -2.36. The molecule has 2 rings (SSSR count). The van der Waals surface area contributed by atoms with Crippen molar-refractivity contribution in [2.45, 2.75) is 31.7 Å². The Bertz CT molecular complexity index is 543. The van der Waals surface area contributed by atoms with Crippen molar-refractivity contribution in [3.63, 3.8) is 0 Å². The minimum absolute atomic E-state index is 0.195. The highest BCUT2D eigenvalue weighted by molar-refractivity contribution is 5.89. The third kappa shape index (κ3) is 3.97. The molecule has 5 heteroatoms. The van der Waals surface area contributed by atoms with Crippen LogP contribution in [0.1, 0.15) is 31.2 Å². The summed E-state index contributed by atoms with van der Waals surface area (Å²) >= 11 is 0. The summed E-state index contributed by atoms with van der Waals surface area (Å²) in [5, 5.41) is 14.0. The Kier molecular flexibility index (Phi) is 4.97. The lowest BCUT2D eigenvalue weighted by atomic mass is 10.2. The molecule has 0 saturated heterocycles. The van der Waals surface area contributed by atoms with Crippen molar-refractivity contribution in [1.29, 1.82) is 0 Å². The first-order valence-corrected chi connectivity index (χ1v) is 6.66. The molecule has 0 aliphatic heterocycles. The molecule has 4 nitrogen and oxygen atoms in total. The molecule has 106 valence electrons. The molecule has 0 unspecified atom stereocenters. The average Bonchev–Trinajstić information content (AvgIpc) is 2.90. The first-order chi connectivity index (χ1) is 9.69. The van der Waals surface area contributed by atoms with E-state index in [1.165, 1.54) is 12.1 Å². The van der Waals surface area contributed by atoms with E-state index in [1.807, 2.05) is 0 Å². The van der Waals surface area contributed by atoms with E-state index in [0.29, 0.717) is 5.69 Å². The van der Waals surface area contributed by atoms with Crippen molar-refractivity contribution in [3.05, 3.63) is 29.6 Å². The normalized spacial score (nSPS) is 14.5. The SMILES string of the molecule is O=C(Nc1ccc(C#CCO)c(F)c1)NC1CCCC1. The van der Waals surface area contributed by atoms with Crippen LogP contribution in [0.4, 0.5) is 14.9 Å². The van der Waals surface area contributed by atoms with Gasteiger partial charge in [0.2, 0.25) is 0 Å². The lowest BCUT2D eigenvalue weighted by molar-refractivity contribution is 0.248. The zero-order valence-corrected chi connectivity index (χ0v) is 11.1. The van der Waals surface area contributed by atoms with E-state index in [0.717, 1.165) is 25.7 Å². The van der Waals surface area contributed by atoms with Gasteiger partial charge in [0.25, 0.3) is 0 Å². The Morgan fingerprint density at radius 2 is 2.15 bits per heavy atom. The maximum absolute atomic E-state index is 13.7. The predicted octanol–water partition coefficient (Wildman–Crippen LogP) is 2.23. The average molecular weight is 276 g/mol. The van der Waals surface area contributed by atoms with Crippen molar-refractivity contribution < 1.29 is 14.3 Å². The van der Waals surface area contributed by atoms with Gasteiger partial charge in [-0.05, 0) is 31.0 Å². The predicted molar refractivity (Wildman–Crippen MR) is 74.8 cm³/mol. The standard InChI is InChI=1S/C15H17FN2O2/c16-14-10-13(8-7-11(14)4-3-9-19)18-15(20)17-12-5-1-2-6-12/h7-8,10,12,19H,1-2,5-6,9H2,(H2,17,18,20). The van der Waals surface area contributed by atoms with Crippen molar-refractivity contribution in [2.24, 2.45) is 0 Å². The van der Waals surface area contributed by atoms with Gasteiger partial charge in [-0.25, -0.2) is 9.18 Å². The lowest BCUT2D eigenvalue weighted by Gasteiger charge is -2.13. The first-order valence-electron chi connectivity index (χ1n) is 6.66. The fraction of sp³-hybridized carbons (Fsp3) is 0.400. The van der Waals surface area contributed by atoms with Crippen molar-refractivity contribution in [2.75, 3.05) is 11.9 Å². The number of rotatable bonds is 2. The fourth-order valence-electron chi connectivity index (χ4n) is 2.25. The molecular formula is C15H17FN2O2. The van der Waals surface area contributed by atoms with Gasteiger partial charge in [-0.15, -0.1) is 0 Å². The molecular weight excluding hydrogens is 259 g/mol. The molecule has 0 atom stereocenters.